The van der Waals surface area contributed by atoms with Gasteiger partial charge in [-0.15, -0.1) is 0 Å². The van der Waals surface area contributed by atoms with Gasteiger partial charge in [0.2, 0.25) is 0 Å². The third-order valence-corrected chi connectivity index (χ3v) is 3.69. The average molecular weight is 367 g/mol. The summed E-state index contributed by atoms with van der Waals surface area (Å²) in [5.41, 5.74) is -1.46. The lowest BCUT2D eigenvalue weighted by Gasteiger charge is -2.23. The quantitative estimate of drug-likeness (QED) is 0.423. The van der Waals surface area contributed by atoms with E-state index in [1.54, 1.807) is 20.8 Å². The summed E-state index contributed by atoms with van der Waals surface area (Å²) in [6.07, 6.45) is 0.178. The van der Waals surface area contributed by atoms with Crippen molar-refractivity contribution < 1.29 is 24.2 Å². The first kappa shape index (κ1) is 21.0. The van der Waals surface area contributed by atoms with Crippen LogP contribution in [0.5, 0.6) is 0 Å². The lowest BCUT2D eigenvalue weighted by molar-refractivity contribution is -0.394. The van der Waals surface area contributed by atoms with Gasteiger partial charge in [0.05, 0.1) is 27.6 Å². The third-order valence-electron chi connectivity index (χ3n) is 3.69. The second kappa shape index (κ2) is 8.88. The molecule has 0 bridgehead atoms. The largest absolute Gasteiger partial charge is 0.461 e. The molecule has 0 aliphatic rings. The molecule has 10 heteroatoms. The Morgan fingerprint density at radius 1 is 1.08 bits per heavy atom. The van der Waals surface area contributed by atoms with Gasteiger partial charge in [-0.1, -0.05) is 20.3 Å². The number of hydrogen-bond acceptors (Lipinski definition) is 7. The highest BCUT2D eigenvalue weighted by Crippen LogP contribution is 2.23. The minimum absolute atomic E-state index is 0.265. The lowest BCUT2D eigenvalue weighted by atomic mass is 9.98. The number of rotatable bonds is 8. The molecule has 10 nitrogen and oxygen atoms in total. The van der Waals surface area contributed by atoms with Gasteiger partial charge in [0.1, 0.15) is 6.04 Å². The molecule has 2 atom stereocenters. The Morgan fingerprint density at radius 2 is 1.58 bits per heavy atom. The van der Waals surface area contributed by atoms with Crippen LogP contribution in [0, 0.1) is 26.1 Å². The Labute approximate surface area is 149 Å². The zero-order valence-corrected chi connectivity index (χ0v) is 14.9. The van der Waals surface area contributed by atoms with E-state index in [1.165, 1.54) is 0 Å². The second-order valence-corrected chi connectivity index (χ2v) is 6.07. The number of non-ortho nitro benzene ring substituents is 2. The number of carbonyl (C=O) groups is 2. The van der Waals surface area contributed by atoms with E-state index in [4.69, 9.17) is 4.74 Å². The van der Waals surface area contributed by atoms with Crippen LogP contribution in [0.2, 0.25) is 0 Å². The van der Waals surface area contributed by atoms with Crippen molar-refractivity contribution in [2.24, 2.45) is 5.92 Å². The maximum atomic E-state index is 12.5. The van der Waals surface area contributed by atoms with E-state index < -0.39 is 39.1 Å². The predicted octanol–water partition coefficient (Wildman–Crippen LogP) is 2.60. The van der Waals surface area contributed by atoms with E-state index in [9.17, 15) is 29.8 Å². The van der Waals surface area contributed by atoms with E-state index in [0.29, 0.717) is 6.42 Å². The summed E-state index contributed by atoms with van der Waals surface area (Å²) in [6.45, 7) is 6.89. The minimum atomic E-state index is -0.979. The molecule has 0 radical (unpaired) electrons. The number of nitrogens with one attached hydrogen (secondary N) is 1. The fraction of sp³-hybridized carbons (Fsp3) is 0.500. The van der Waals surface area contributed by atoms with Crippen molar-refractivity contribution in [3.05, 3.63) is 44.0 Å². The second-order valence-electron chi connectivity index (χ2n) is 6.07. The van der Waals surface area contributed by atoms with Gasteiger partial charge in [-0.05, 0) is 19.8 Å². The first-order chi connectivity index (χ1) is 12.1. The number of hydrogen-bond donors (Lipinski definition) is 1. The van der Waals surface area contributed by atoms with Gasteiger partial charge in [-0.25, -0.2) is 4.79 Å². The molecule has 26 heavy (non-hydrogen) atoms. The van der Waals surface area contributed by atoms with Gasteiger partial charge < -0.3 is 10.1 Å². The molecular weight excluding hydrogens is 346 g/mol. The van der Waals surface area contributed by atoms with E-state index in [2.05, 4.69) is 5.32 Å². The summed E-state index contributed by atoms with van der Waals surface area (Å²) < 4.78 is 5.13. The maximum absolute atomic E-state index is 12.5. The topological polar surface area (TPSA) is 142 Å². The molecule has 142 valence electrons. The number of nitro groups is 2. The number of nitro benzene ring substituents is 2. The van der Waals surface area contributed by atoms with Gasteiger partial charge in [0, 0.05) is 12.1 Å². The van der Waals surface area contributed by atoms with Gasteiger partial charge in [0.15, 0.2) is 0 Å². The average Bonchev–Trinajstić information content (AvgIpc) is 2.57. The highest BCUT2D eigenvalue weighted by atomic mass is 16.6. The van der Waals surface area contributed by atoms with E-state index in [0.717, 1.165) is 18.2 Å². The number of benzene rings is 1. The zero-order valence-electron chi connectivity index (χ0n) is 14.9. The van der Waals surface area contributed by atoms with Crippen LogP contribution >= 0.6 is 0 Å². The molecule has 0 fully saturated rings. The highest BCUT2D eigenvalue weighted by Gasteiger charge is 2.29. The van der Waals surface area contributed by atoms with Crippen molar-refractivity contribution >= 4 is 23.3 Å². The van der Waals surface area contributed by atoms with Crippen molar-refractivity contribution in [2.75, 3.05) is 0 Å². The van der Waals surface area contributed by atoms with Gasteiger partial charge >= 0.3 is 5.97 Å². The molecule has 1 unspecified atom stereocenters. The Balaban J connectivity index is 3.18. The van der Waals surface area contributed by atoms with Gasteiger partial charge in [-0.2, -0.15) is 0 Å². The van der Waals surface area contributed by atoms with Crippen LogP contribution in [-0.4, -0.2) is 33.9 Å². The van der Waals surface area contributed by atoms with Crippen molar-refractivity contribution in [1.29, 1.82) is 0 Å². The van der Waals surface area contributed by atoms with Crippen LogP contribution in [0.15, 0.2) is 18.2 Å². The third kappa shape index (κ3) is 5.50. The Kier molecular flexibility index (Phi) is 7.17. The predicted molar refractivity (Wildman–Crippen MR) is 91.7 cm³/mol. The number of nitrogens with zero attached hydrogens (tertiary/aromatic N) is 2. The molecule has 0 spiro atoms. The highest BCUT2D eigenvalue weighted by molar-refractivity contribution is 5.98. The molecule has 0 aliphatic heterocycles. The zero-order chi connectivity index (χ0) is 20.0. The molecule has 1 N–H and O–H groups in total. The molecule has 1 aromatic carbocycles. The van der Waals surface area contributed by atoms with Crippen molar-refractivity contribution in [2.45, 2.75) is 46.3 Å². The number of ether oxygens (including phenoxy) is 1. The summed E-state index contributed by atoms with van der Waals surface area (Å²) in [5.74, 6) is -1.73. The number of amides is 1. The van der Waals surface area contributed by atoms with Crippen LogP contribution < -0.4 is 5.32 Å². The summed E-state index contributed by atoms with van der Waals surface area (Å²) in [4.78, 5) is 44.9. The molecule has 0 aromatic heterocycles. The molecular formula is C16H21N3O7. The van der Waals surface area contributed by atoms with Crippen LogP contribution in [0.4, 0.5) is 11.4 Å². The summed E-state index contributed by atoms with van der Waals surface area (Å²) in [6, 6.07) is 1.62. The SMILES string of the molecule is CCC(C)[C@H](NC(=O)c1cc([N+](=O)[O-])cc([N+](=O)[O-])c1)C(=O)OC(C)C. The van der Waals surface area contributed by atoms with Crippen LogP contribution in [-0.2, 0) is 9.53 Å². The monoisotopic (exact) mass is 367 g/mol. The summed E-state index contributed by atoms with van der Waals surface area (Å²) in [5, 5.41) is 24.3. The minimum Gasteiger partial charge on any atom is -0.461 e. The first-order valence-electron chi connectivity index (χ1n) is 8.02. The Bertz CT molecular complexity index is 686. The Hall–Kier alpha value is -3.04. The van der Waals surface area contributed by atoms with E-state index in [-0.39, 0.29) is 17.6 Å². The fourth-order valence-electron chi connectivity index (χ4n) is 2.14. The molecule has 1 rings (SSSR count). The summed E-state index contributed by atoms with van der Waals surface area (Å²) >= 11 is 0. The van der Waals surface area contributed by atoms with Crippen LogP contribution in [0.25, 0.3) is 0 Å². The van der Waals surface area contributed by atoms with Crippen LogP contribution in [0.1, 0.15) is 44.5 Å². The molecule has 0 saturated heterocycles. The molecule has 1 amide bonds. The molecule has 0 saturated carbocycles. The number of carbonyl (C=O) groups excluding carboxylic acids is 2. The van der Waals surface area contributed by atoms with E-state index in [1.807, 2.05) is 6.92 Å². The van der Waals surface area contributed by atoms with Gasteiger partial charge in [-0.3, -0.25) is 25.0 Å². The van der Waals surface area contributed by atoms with Gasteiger partial charge in [0.25, 0.3) is 17.3 Å². The fourth-order valence-corrected chi connectivity index (χ4v) is 2.14. The normalized spacial score (nSPS) is 13.0. The Morgan fingerprint density at radius 3 is 1.96 bits per heavy atom. The molecule has 1 aromatic rings. The van der Waals surface area contributed by atoms with E-state index >= 15 is 0 Å². The molecule has 0 aliphatic carbocycles. The first-order valence-corrected chi connectivity index (χ1v) is 8.02. The smallest absolute Gasteiger partial charge is 0.329 e. The standard InChI is InChI=1S/C16H21N3O7/c1-5-10(4)14(16(21)26-9(2)3)17-15(20)11-6-12(18(22)23)8-13(7-11)19(24)25/h6-10,14H,5H2,1-4H3,(H,17,20)/t10?,14-/m0/s1. The van der Waals surface area contributed by atoms with Crippen molar-refractivity contribution in [3.8, 4) is 0 Å². The maximum Gasteiger partial charge on any atom is 0.329 e. The number of esters is 1. The van der Waals surface area contributed by atoms with Crippen LogP contribution in [0.3, 0.4) is 0 Å². The van der Waals surface area contributed by atoms with Crippen molar-refractivity contribution in [1.82, 2.24) is 5.32 Å². The summed E-state index contributed by atoms with van der Waals surface area (Å²) in [7, 11) is 0. The lowest BCUT2D eigenvalue weighted by Crippen LogP contribution is -2.46. The van der Waals surface area contributed by atoms with Crippen molar-refractivity contribution in [3.63, 3.8) is 0 Å². The molecule has 0 heterocycles.